The summed E-state index contributed by atoms with van der Waals surface area (Å²) < 4.78 is 29.4. The highest BCUT2D eigenvalue weighted by molar-refractivity contribution is 5.40. The van der Waals surface area contributed by atoms with Crippen LogP contribution in [0.5, 0.6) is 0 Å². The molecule has 2 atom stereocenters. The summed E-state index contributed by atoms with van der Waals surface area (Å²) in [6.07, 6.45) is 0. The lowest BCUT2D eigenvalue weighted by molar-refractivity contribution is -0.920. The van der Waals surface area contributed by atoms with Gasteiger partial charge < -0.3 is 4.90 Å². The summed E-state index contributed by atoms with van der Waals surface area (Å²) in [5.41, 5.74) is 3.37. The van der Waals surface area contributed by atoms with Gasteiger partial charge in [0.1, 0.15) is 18.2 Å². The summed E-state index contributed by atoms with van der Waals surface area (Å²) in [6, 6.07) is 21.2. The summed E-state index contributed by atoms with van der Waals surface area (Å²) in [4.78, 5) is 0.955. The zero-order valence-corrected chi connectivity index (χ0v) is 16.8. The van der Waals surface area contributed by atoms with Crippen molar-refractivity contribution in [2.24, 2.45) is 0 Å². The highest BCUT2D eigenvalue weighted by atomic mass is 19.1. The van der Waals surface area contributed by atoms with Crippen molar-refractivity contribution >= 4 is 0 Å². The number of benzene rings is 3. The maximum Gasteiger partial charge on any atom is 0.218 e. The van der Waals surface area contributed by atoms with Gasteiger partial charge in [0.25, 0.3) is 0 Å². The lowest BCUT2D eigenvalue weighted by Gasteiger charge is -2.25. The topological polar surface area (TPSA) is 48.0 Å². The SMILES string of the molecule is Cc1ccccc1-n1nnnc1[C@H](c1ccccc1)[NH+](C)Cc1ccc(F)cc1F. The molecule has 0 saturated heterocycles. The number of tetrazole rings is 1. The van der Waals surface area contributed by atoms with Crippen molar-refractivity contribution in [2.45, 2.75) is 19.5 Å². The van der Waals surface area contributed by atoms with Crippen molar-refractivity contribution in [3.8, 4) is 5.69 Å². The first-order chi connectivity index (χ1) is 14.5. The van der Waals surface area contributed by atoms with Crippen LogP contribution in [0.25, 0.3) is 5.69 Å². The van der Waals surface area contributed by atoms with E-state index in [0.717, 1.165) is 27.8 Å². The van der Waals surface area contributed by atoms with E-state index in [9.17, 15) is 8.78 Å². The Bertz CT molecular complexity index is 1140. The number of rotatable bonds is 6. The van der Waals surface area contributed by atoms with Gasteiger partial charge in [0.2, 0.25) is 5.82 Å². The van der Waals surface area contributed by atoms with Gasteiger partial charge in [-0.25, -0.2) is 8.78 Å². The van der Waals surface area contributed by atoms with Crippen molar-refractivity contribution in [3.05, 3.63) is 107 Å². The highest BCUT2D eigenvalue weighted by Crippen LogP contribution is 2.21. The Balaban J connectivity index is 1.77. The Hall–Kier alpha value is -3.45. The largest absolute Gasteiger partial charge is 0.321 e. The molecule has 1 unspecified atom stereocenters. The van der Waals surface area contributed by atoms with Gasteiger partial charge in [-0.2, -0.15) is 4.68 Å². The van der Waals surface area contributed by atoms with E-state index in [1.54, 1.807) is 4.68 Å². The number of hydrogen-bond donors (Lipinski definition) is 1. The maximum atomic E-state index is 14.3. The number of quaternary nitrogens is 1. The van der Waals surface area contributed by atoms with Gasteiger partial charge in [-0.3, -0.25) is 0 Å². The van der Waals surface area contributed by atoms with E-state index in [2.05, 4.69) is 15.5 Å². The predicted molar refractivity (Wildman–Crippen MR) is 109 cm³/mol. The van der Waals surface area contributed by atoms with Gasteiger partial charge >= 0.3 is 0 Å². The first-order valence-corrected chi connectivity index (χ1v) is 9.70. The molecule has 0 fully saturated rings. The Kier molecular flexibility index (Phi) is 5.63. The molecule has 152 valence electrons. The number of halogens is 2. The van der Waals surface area contributed by atoms with Crippen molar-refractivity contribution in [1.29, 1.82) is 0 Å². The number of nitrogens with zero attached hydrogens (tertiary/aromatic N) is 4. The fourth-order valence-corrected chi connectivity index (χ4v) is 3.71. The third kappa shape index (κ3) is 3.97. The Morgan fingerprint density at radius 3 is 2.43 bits per heavy atom. The van der Waals surface area contributed by atoms with E-state index in [0.29, 0.717) is 17.9 Å². The molecule has 0 aliphatic rings. The second kappa shape index (κ2) is 8.51. The number of para-hydroxylation sites is 1. The lowest BCUT2D eigenvalue weighted by atomic mass is 10.0. The first-order valence-electron chi connectivity index (χ1n) is 9.70. The molecule has 3 aromatic carbocycles. The molecule has 0 saturated carbocycles. The molecule has 1 heterocycles. The van der Waals surface area contributed by atoms with Crippen LogP contribution in [0.4, 0.5) is 8.78 Å². The minimum atomic E-state index is -0.586. The molecule has 1 aromatic heterocycles. The Labute approximate surface area is 173 Å². The molecule has 0 aliphatic heterocycles. The molecule has 0 bridgehead atoms. The van der Waals surface area contributed by atoms with Crippen LogP contribution in [0.15, 0.2) is 72.8 Å². The monoisotopic (exact) mass is 406 g/mol. The Morgan fingerprint density at radius 2 is 1.70 bits per heavy atom. The van der Waals surface area contributed by atoms with Gasteiger partial charge in [0, 0.05) is 17.2 Å². The van der Waals surface area contributed by atoms with Crippen LogP contribution in [0.3, 0.4) is 0 Å². The second-order valence-electron chi connectivity index (χ2n) is 7.34. The van der Waals surface area contributed by atoms with E-state index in [1.807, 2.05) is 68.6 Å². The van der Waals surface area contributed by atoms with E-state index in [4.69, 9.17) is 0 Å². The highest BCUT2D eigenvalue weighted by Gasteiger charge is 2.30. The molecule has 0 radical (unpaired) electrons. The molecule has 7 heteroatoms. The molecule has 1 N–H and O–H groups in total. The third-order valence-corrected chi connectivity index (χ3v) is 5.21. The van der Waals surface area contributed by atoms with E-state index < -0.39 is 11.6 Å². The molecule has 4 rings (SSSR count). The summed E-state index contributed by atoms with van der Waals surface area (Å²) in [7, 11) is 1.96. The summed E-state index contributed by atoms with van der Waals surface area (Å²) in [6.45, 7) is 2.34. The van der Waals surface area contributed by atoms with Gasteiger partial charge in [-0.1, -0.05) is 48.5 Å². The summed E-state index contributed by atoms with van der Waals surface area (Å²) in [5.74, 6) is -0.493. The minimum Gasteiger partial charge on any atom is -0.321 e. The van der Waals surface area contributed by atoms with Crippen LogP contribution < -0.4 is 4.90 Å². The van der Waals surface area contributed by atoms with E-state index in [1.165, 1.54) is 12.1 Å². The summed E-state index contributed by atoms with van der Waals surface area (Å²) >= 11 is 0. The Morgan fingerprint density at radius 1 is 0.967 bits per heavy atom. The fraction of sp³-hybridized carbons (Fsp3) is 0.174. The molecule has 0 amide bonds. The number of aromatic nitrogens is 4. The lowest BCUT2D eigenvalue weighted by Crippen LogP contribution is -3.08. The standard InChI is InChI=1S/C23H21F2N5/c1-16-8-6-7-11-21(16)30-23(26-27-28-30)22(17-9-4-3-5-10-17)29(2)15-18-12-13-19(24)14-20(18)25/h3-14,22H,15H2,1-2H3/p+1/t22-/m0/s1. The molecular formula is C23H22F2N5+. The van der Waals surface area contributed by atoms with Crippen molar-refractivity contribution in [3.63, 3.8) is 0 Å². The van der Waals surface area contributed by atoms with Gasteiger partial charge in [-0.05, 0) is 41.1 Å². The molecule has 5 nitrogen and oxygen atoms in total. The quantitative estimate of drug-likeness (QED) is 0.536. The molecular weight excluding hydrogens is 384 g/mol. The molecule has 0 spiro atoms. The summed E-state index contributed by atoms with van der Waals surface area (Å²) in [5, 5.41) is 12.5. The average molecular weight is 406 g/mol. The van der Waals surface area contributed by atoms with Crippen LogP contribution in [0, 0.1) is 18.6 Å². The third-order valence-electron chi connectivity index (χ3n) is 5.21. The average Bonchev–Trinajstić information content (AvgIpc) is 3.20. The molecule has 0 aliphatic carbocycles. The molecule has 30 heavy (non-hydrogen) atoms. The van der Waals surface area contributed by atoms with Crippen molar-refractivity contribution in [2.75, 3.05) is 7.05 Å². The zero-order chi connectivity index (χ0) is 21.1. The zero-order valence-electron chi connectivity index (χ0n) is 16.8. The molecule has 4 aromatic rings. The maximum absolute atomic E-state index is 14.3. The van der Waals surface area contributed by atoms with Crippen LogP contribution in [-0.2, 0) is 6.54 Å². The smallest absolute Gasteiger partial charge is 0.218 e. The van der Waals surface area contributed by atoms with Crippen LogP contribution in [0.2, 0.25) is 0 Å². The van der Waals surface area contributed by atoms with Gasteiger partial charge in [0.15, 0.2) is 6.04 Å². The van der Waals surface area contributed by atoms with Gasteiger partial charge in [-0.15, -0.1) is 5.10 Å². The van der Waals surface area contributed by atoms with Crippen LogP contribution >= 0.6 is 0 Å². The van der Waals surface area contributed by atoms with E-state index in [-0.39, 0.29) is 6.04 Å². The number of aryl methyl sites for hydroxylation is 1. The second-order valence-corrected chi connectivity index (χ2v) is 7.34. The van der Waals surface area contributed by atoms with E-state index >= 15 is 0 Å². The van der Waals surface area contributed by atoms with Gasteiger partial charge in [0.05, 0.1) is 12.7 Å². The predicted octanol–water partition coefficient (Wildman–Crippen LogP) is 3.05. The normalized spacial score (nSPS) is 13.2. The van der Waals surface area contributed by atoms with Crippen molar-refractivity contribution < 1.29 is 13.7 Å². The minimum absolute atomic E-state index is 0.259. The first kappa shape index (κ1) is 19.8. The van der Waals surface area contributed by atoms with Crippen LogP contribution in [-0.4, -0.2) is 27.3 Å². The fourth-order valence-electron chi connectivity index (χ4n) is 3.71. The number of hydrogen-bond acceptors (Lipinski definition) is 3. The van der Waals surface area contributed by atoms with Crippen LogP contribution in [0.1, 0.15) is 28.6 Å². The number of nitrogens with one attached hydrogen (secondary N) is 1. The van der Waals surface area contributed by atoms with Crippen molar-refractivity contribution in [1.82, 2.24) is 20.2 Å².